The van der Waals surface area contributed by atoms with E-state index in [1.165, 1.54) is 51.4 Å². The van der Waals surface area contributed by atoms with E-state index in [9.17, 15) is 0 Å². The van der Waals surface area contributed by atoms with Gasteiger partial charge in [0.2, 0.25) is 11.6 Å². The van der Waals surface area contributed by atoms with Gasteiger partial charge in [-0.15, -0.1) is 0 Å². The lowest BCUT2D eigenvalue weighted by Crippen LogP contribution is -2.03. The SMILES string of the molecule is CCCCCCCCOc1cc(C#Cc2ncc(Br)cn2)c(OCCCCCCCC)cc1C#Cc1ncc(Br)cn1. The fourth-order valence-electron chi connectivity index (χ4n) is 4.12. The molecule has 222 valence electrons. The Morgan fingerprint density at radius 2 is 0.881 bits per heavy atom. The number of rotatable bonds is 16. The Bertz CT molecular complexity index is 1240. The van der Waals surface area contributed by atoms with Crippen LogP contribution in [-0.4, -0.2) is 33.1 Å². The van der Waals surface area contributed by atoms with Crippen molar-refractivity contribution in [2.24, 2.45) is 0 Å². The van der Waals surface area contributed by atoms with Crippen LogP contribution < -0.4 is 9.47 Å². The Kier molecular flexibility index (Phi) is 16.0. The Balaban J connectivity index is 1.86. The Morgan fingerprint density at radius 3 is 1.26 bits per heavy atom. The third kappa shape index (κ3) is 12.9. The van der Waals surface area contributed by atoms with E-state index in [0.29, 0.717) is 36.4 Å². The highest BCUT2D eigenvalue weighted by atomic mass is 79.9. The monoisotopic (exact) mass is 694 g/mol. The molecule has 0 saturated carbocycles. The zero-order valence-electron chi connectivity index (χ0n) is 24.7. The molecule has 0 unspecified atom stereocenters. The van der Waals surface area contributed by atoms with E-state index in [2.05, 4.69) is 89.3 Å². The zero-order chi connectivity index (χ0) is 29.8. The normalized spacial score (nSPS) is 10.4. The van der Waals surface area contributed by atoms with E-state index in [4.69, 9.17) is 9.47 Å². The van der Waals surface area contributed by atoms with Crippen LogP contribution in [0.3, 0.4) is 0 Å². The van der Waals surface area contributed by atoms with Gasteiger partial charge < -0.3 is 9.47 Å². The first kappa shape index (κ1) is 33.6. The standard InChI is InChI=1S/C34H40Br2N4O2/c1-3-5-7-9-11-13-19-41-31-21-28(16-18-34-39-25-30(36)26-40-34)32(42-20-14-12-10-8-6-4-2)22-27(31)15-17-33-37-23-29(35)24-38-33/h21-26H,3-14,19-20H2,1-2H3. The molecule has 0 aliphatic heterocycles. The second-order valence-electron chi connectivity index (χ2n) is 10.0. The molecule has 2 heterocycles. The van der Waals surface area contributed by atoms with Crippen molar-refractivity contribution in [1.29, 1.82) is 0 Å². The molecule has 3 rings (SSSR count). The highest BCUT2D eigenvalue weighted by Gasteiger charge is 2.11. The van der Waals surface area contributed by atoms with Gasteiger partial charge in [0.1, 0.15) is 11.5 Å². The van der Waals surface area contributed by atoms with Crippen LogP contribution in [0.15, 0.2) is 45.9 Å². The summed E-state index contributed by atoms with van der Waals surface area (Å²) in [4.78, 5) is 17.2. The molecule has 0 atom stereocenters. The summed E-state index contributed by atoms with van der Waals surface area (Å²) in [6.45, 7) is 5.68. The van der Waals surface area contributed by atoms with Crippen LogP contribution in [0.2, 0.25) is 0 Å². The summed E-state index contributed by atoms with van der Waals surface area (Å²) in [5.41, 5.74) is 1.44. The van der Waals surface area contributed by atoms with E-state index >= 15 is 0 Å². The number of unbranched alkanes of at least 4 members (excludes halogenated alkanes) is 10. The predicted molar refractivity (Wildman–Crippen MR) is 176 cm³/mol. The second kappa shape index (κ2) is 20.1. The summed E-state index contributed by atoms with van der Waals surface area (Å²) in [6.07, 6.45) is 21.0. The number of aromatic nitrogens is 4. The van der Waals surface area contributed by atoms with Gasteiger partial charge in [-0.3, -0.25) is 0 Å². The van der Waals surface area contributed by atoms with Gasteiger partial charge in [0, 0.05) is 36.9 Å². The number of benzene rings is 1. The molecule has 0 spiro atoms. The van der Waals surface area contributed by atoms with Crippen LogP contribution in [0.4, 0.5) is 0 Å². The van der Waals surface area contributed by atoms with Gasteiger partial charge in [0.05, 0.1) is 33.3 Å². The first-order valence-electron chi connectivity index (χ1n) is 15.0. The average molecular weight is 697 g/mol. The molecule has 0 fully saturated rings. The van der Waals surface area contributed by atoms with E-state index in [-0.39, 0.29) is 0 Å². The summed E-state index contributed by atoms with van der Waals surface area (Å²) in [5.74, 6) is 14.8. The Morgan fingerprint density at radius 1 is 0.524 bits per heavy atom. The van der Waals surface area contributed by atoms with Crippen molar-refractivity contribution >= 4 is 31.9 Å². The third-order valence-electron chi connectivity index (χ3n) is 6.45. The van der Waals surface area contributed by atoms with Crippen LogP contribution in [0.5, 0.6) is 11.5 Å². The van der Waals surface area contributed by atoms with Gasteiger partial charge in [-0.1, -0.05) is 89.9 Å². The molecular weight excluding hydrogens is 656 g/mol. The topological polar surface area (TPSA) is 70.0 Å². The number of hydrogen-bond donors (Lipinski definition) is 0. The van der Waals surface area contributed by atoms with Gasteiger partial charge in [-0.05, 0) is 56.5 Å². The van der Waals surface area contributed by atoms with Crippen LogP contribution in [0.25, 0.3) is 0 Å². The minimum atomic E-state index is 0.436. The molecule has 0 aliphatic rings. The van der Waals surface area contributed by atoms with Gasteiger partial charge in [0.15, 0.2) is 0 Å². The maximum absolute atomic E-state index is 6.28. The molecule has 0 radical (unpaired) electrons. The lowest BCUT2D eigenvalue weighted by Gasteiger charge is -2.14. The van der Waals surface area contributed by atoms with Crippen molar-refractivity contribution in [2.75, 3.05) is 13.2 Å². The van der Waals surface area contributed by atoms with Crippen LogP contribution in [0, 0.1) is 23.7 Å². The summed E-state index contributed by atoms with van der Waals surface area (Å²) in [6, 6.07) is 3.85. The van der Waals surface area contributed by atoms with Crippen molar-refractivity contribution in [3.05, 3.63) is 68.6 Å². The molecule has 42 heavy (non-hydrogen) atoms. The fraction of sp³-hybridized carbons (Fsp3) is 0.471. The van der Waals surface area contributed by atoms with Crippen molar-refractivity contribution in [3.8, 4) is 35.2 Å². The van der Waals surface area contributed by atoms with E-state index in [1.807, 2.05) is 12.1 Å². The van der Waals surface area contributed by atoms with E-state index < -0.39 is 0 Å². The van der Waals surface area contributed by atoms with E-state index in [1.54, 1.807) is 24.8 Å². The molecule has 1 aromatic carbocycles. The number of nitrogens with zero attached hydrogens (tertiary/aromatic N) is 4. The lowest BCUT2D eigenvalue weighted by molar-refractivity contribution is 0.295. The second-order valence-corrected chi connectivity index (χ2v) is 11.9. The molecule has 8 heteroatoms. The zero-order valence-corrected chi connectivity index (χ0v) is 27.9. The Hall–Kier alpha value is -2.94. The molecule has 0 saturated heterocycles. The van der Waals surface area contributed by atoms with E-state index in [0.717, 1.165) is 45.8 Å². The van der Waals surface area contributed by atoms with Crippen LogP contribution >= 0.6 is 31.9 Å². The van der Waals surface area contributed by atoms with Gasteiger partial charge in [0.25, 0.3) is 0 Å². The van der Waals surface area contributed by atoms with Crippen LogP contribution in [-0.2, 0) is 0 Å². The maximum atomic E-state index is 6.28. The first-order chi connectivity index (χ1) is 20.6. The minimum Gasteiger partial charge on any atom is -0.492 e. The largest absolute Gasteiger partial charge is 0.492 e. The van der Waals surface area contributed by atoms with Crippen molar-refractivity contribution in [3.63, 3.8) is 0 Å². The maximum Gasteiger partial charge on any atom is 0.205 e. The third-order valence-corrected chi connectivity index (χ3v) is 7.27. The summed E-state index contributed by atoms with van der Waals surface area (Å²) < 4.78 is 14.2. The lowest BCUT2D eigenvalue weighted by atomic mass is 10.1. The summed E-state index contributed by atoms with van der Waals surface area (Å²) >= 11 is 6.75. The molecular formula is C34H40Br2N4O2. The fourth-order valence-corrected chi connectivity index (χ4v) is 4.53. The van der Waals surface area contributed by atoms with Crippen molar-refractivity contribution in [2.45, 2.75) is 90.9 Å². The molecule has 0 amide bonds. The van der Waals surface area contributed by atoms with Gasteiger partial charge >= 0.3 is 0 Å². The quantitative estimate of drug-likeness (QED) is 0.110. The Labute approximate surface area is 268 Å². The number of halogens is 2. The van der Waals surface area contributed by atoms with Gasteiger partial charge in [-0.25, -0.2) is 19.9 Å². The molecule has 2 aromatic heterocycles. The average Bonchev–Trinajstić information content (AvgIpc) is 3.00. The molecule has 6 nitrogen and oxygen atoms in total. The smallest absolute Gasteiger partial charge is 0.205 e. The van der Waals surface area contributed by atoms with Gasteiger partial charge in [-0.2, -0.15) is 0 Å². The molecule has 3 aromatic rings. The first-order valence-corrected chi connectivity index (χ1v) is 16.6. The van der Waals surface area contributed by atoms with Crippen molar-refractivity contribution < 1.29 is 9.47 Å². The molecule has 0 aliphatic carbocycles. The highest BCUT2D eigenvalue weighted by molar-refractivity contribution is 9.10. The molecule has 0 N–H and O–H groups in total. The number of hydrogen-bond acceptors (Lipinski definition) is 6. The number of ether oxygens (including phenoxy) is 2. The van der Waals surface area contributed by atoms with Crippen molar-refractivity contribution in [1.82, 2.24) is 19.9 Å². The summed E-state index contributed by atoms with van der Waals surface area (Å²) in [5, 5.41) is 0. The minimum absolute atomic E-state index is 0.436. The predicted octanol–water partition coefficient (Wildman–Crippen LogP) is 9.07. The molecule has 0 bridgehead atoms. The van der Waals surface area contributed by atoms with Crippen LogP contribution in [0.1, 0.15) is 114 Å². The summed E-state index contributed by atoms with van der Waals surface area (Å²) in [7, 11) is 0. The highest BCUT2D eigenvalue weighted by Crippen LogP contribution is 2.29.